The number of carbonyl (C=O) groups excluding carboxylic acids is 1. The zero-order valence-electron chi connectivity index (χ0n) is 9.59. The van der Waals surface area contributed by atoms with Gasteiger partial charge in [0.25, 0.3) is 5.78 Å². The maximum atomic E-state index is 12.2. The van der Waals surface area contributed by atoms with Gasteiger partial charge in [0.2, 0.25) is 5.43 Å². The number of hydrogen-bond donors (Lipinski definition) is 1. The largest absolute Gasteiger partial charge is 0.502 e. The molecule has 106 valence electrons. The summed E-state index contributed by atoms with van der Waals surface area (Å²) in [6.45, 7) is -0.215. The topological polar surface area (TPSA) is 98.2 Å². The zero-order chi connectivity index (χ0) is 14.9. The summed E-state index contributed by atoms with van der Waals surface area (Å²) in [5, 5.41) is 15.4. The second-order valence-corrected chi connectivity index (χ2v) is 3.72. The van der Waals surface area contributed by atoms with Gasteiger partial charge in [0.1, 0.15) is 18.6 Å². The molecule has 2 heterocycles. The number of hydrogen-bond acceptors (Lipinski definition) is 6. The van der Waals surface area contributed by atoms with Gasteiger partial charge < -0.3 is 9.52 Å². The molecule has 1 N–H and O–H groups in total. The van der Waals surface area contributed by atoms with Crippen LogP contribution in [0.15, 0.2) is 27.7 Å². The van der Waals surface area contributed by atoms with Gasteiger partial charge in [0.05, 0.1) is 6.20 Å². The lowest BCUT2D eigenvalue weighted by Crippen LogP contribution is -2.23. The molecule has 20 heavy (non-hydrogen) atoms. The summed E-state index contributed by atoms with van der Waals surface area (Å²) in [5.74, 6) is -2.68. The Morgan fingerprint density at radius 2 is 2.15 bits per heavy atom. The molecule has 0 aromatic carbocycles. The van der Waals surface area contributed by atoms with Crippen LogP contribution in [0.25, 0.3) is 0 Å². The average Bonchev–Trinajstić information content (AvgIpc) is 2.80. The first-order chi connectivity index (χ1) is 9.27. The van der Waals surface area contributed by atoms with E-state index in [0.717, 1.165) is 23.2 Å². The highest BCUT2D eigenvalue weighted by Gasteiger charge is 2.41. The van der Waals surface area contributed by atoms with Gasteiger partial charge >= 0.3 is 6.18 Å². The van der Waals surface area contributed by atoms with Crippen molar-refractivity contribution >= 4 is 5.78 Å². The Kier molecular flexibility index (Phi) is 3.30. The van der Waals surface area contributed by atoms with Crippen molar-refractivity contribution in [1.29, 1.82) is 0 Å². The lowest BCUT2D eigenvalue weighted by molar-refractivity contribution is -0.0888. The number of nitrogens with zero attached hydrogens (tertiary/aromatic N) is 3. The molecule has 0 fully saturated rings. The van der Waals surface area contributed by atoms with E-state index in [1.54, 1.807) is 0 Å². The molecule has 10 heteroatoms. The Labute approximate surface area is 108 Å². The molecule has 2 aromatic heterocycles. The van der Waals surface area contributed by atoms with Crippen molar-refractivity contribution in [2.24, 2.45) is 0 Å². The molecule has 0 aliphatic heterocycles. The first-order valence-corrected chi connectivity index (χ1v) is 5.09. The quantitative estimate of drug-likeness (QED) is 0.836. The summed E-state index contributed by atoms with van der Waals surface area (Å²) in [5.41, 5.74) is -1.57. The number of Topliss-reactive ketones (excluding diaryl/α,β-unsaturated/α-hetero) is 1. The minimum atomic E-state index is -5.04. The fraction of sp³-hybridized carbons (Fsp3) is 0.200. The Hall–Kier alpha value is -2.65. The van der Waals surface area contributed by atoms with Gasteiger partial charge in [-0.25, -0.2) is 4.68 Å². The molecular formula is C10H6F3N3O4. The molecule has 2 rings (SSSR count). The molecule has 0 spiro atoms. The van der Waals surface area contributed by atoms with Crippen LogP contribution in [0.3, 0.4) is 0 Å². The van der Waals surface area contributed by atoms with Crippen molar-refractivity contribution in [3.8, 4) is 5.75 Å². The van der Waals surface area contributed by atoms with Crippen molar-refractivity contribution in [1.82, 2.24) is 15.0 Å². The van der Waals surface area contributed by atoms with E-state index in [1.165, 1.54) is 0 Å². The van der Waals surface area contributed by atoms with Crippen LogP contribution in [0.5, 0.6) is 5.75 Å². The second kappa shape index (κ2) is 4.79. The SMILES string of the molecule is O=C(c1cn(Cc2cc(=O)c(O)co2)nn1)C(F)(F)F. The Morgan fingerprint density at radius 3 is 2.75 bits per heavy atom. The van der Waals surface area contributed by atoms with Crippen LogP contribution < -0.4 is 5.43 Å². The molecule has 0 aliphatic carbocycles. The van der Waals surface area contributed by atoms with E-state index in [1.807, 2.05) is 0 Å². The first-order valence-electron chi connectivity index (χ1n) is 5.09. The van der Waals surface area contributed by atoms with Crippen LogP contribution in [0.2, 0.25) is 0 Å². The Bertz CT molecular complexity index is 704. The van der Waals surface area contributed by atoms with Crippen molar-refractivity contribution in [2.75, 3.05) is 0 Å². The summed E-state index contributed by atoms with van der Waals surface area (Å²) in [4.78, 5) is 22.0. The molecule has 0 bridgehead atoms. The molecule has 2 aromatic rings. The van der Waals surface area contributed by atoms with Crippen LogP contribution in [0, 0.1) is 0 Å². The van der Waals surface area contributed by atoms with Gasteiger partial charge in [0, 0.05) is 6.07 Å². The first kappa shape index (κ1) is 13.8. The van der Waals surface area contributed by atoms with Gasteiger partial charge in [-0.15, -0.1) is 5.10 Å². The average molecular weight is 289 g/mol. The number of halogens is 3. The van der Waals surface area contributed by atoms with Crippen molar-refractivity contribution in [2.45, 2.75) is 12.7 Å². The molecule has 0 unspecified atom stereocenters. The molecule has 0 radical (unpaired) electrons. The third kappa shape index (κ3) is 2.84. The van der Waals surface area contributed by atoms with Crippen molar-refractivity contribution in [3.05, 3.63) is 40.2 Å². The summed E-state index contributed by atoms with van der Waals surface area (Å²) in [6, 6.07) is 0.947. The lowest BCUT2D eigenvalue weighted by atomic mass is 10.3. The standard InChI is InChI=1S/C10H6F3N3O4/c11-10(12,13)9(19)6-3-16(15-14-6)2-5-1-7(17)8(18)4-20-5/h1,3-4,18H,2H2. The van der Waals surface area contributed by atoms with Crippen LogP contribution in [0.4, 0.5) is 13.2 Å². The highest BCUT2D eigenvalue weighted by atomic mass is 19.4. The Balaban J connectivity index is 2.19. The molecule has 0 aliphatic rings. The maximum absolute atomic E-state index is 12.2. The van der Waals surface area contributed by atoms with E-state index >= 15 is 0 Å². The number of rotatable bonds is 3. The monoisotopic (exact) mass is 289 g/mol. The smallest absolute Gasteiger partial charge is 0.456 e. The normalized spacial score (nSPS) is 11.6. The van der Waals surface area contributed by atoms with Crippen LogP contribution in [-0.2, 0) is 6.54 Å². The summed E-state index contributed by atoms with van der Waals surface area (Å²) < 4.78 is 42.2. The van der Waals surface area contributed by atoms with Gasteiger partial charge in [-0.3, -0.25) is 9.59 Å². The fourth-order valence-corrected chi connectivity index (χ4v) is 1.31. The fourth-order valence-electron chi connectivity index (χ4n) is 1.31. The molecule has 0 saturated carbocycles. The minimum Gasteiger partial charge on any atom is -0.502 e. The van der Waals surface area contributed by atoms with E-state index in [0.29, 0.717) is 0 Å². The van der Waals surface area contributed by atoms with E-state index in [2.05, 4.69) is 10.3 Å². The van der Waals surface area contributed by atoms with Crippen LogP contribution >= 0.6 is 0 Å². The van der Waals surface area contributed by atoms with E-state index in [9.17, 15) is 22.8 Å². The summed E-state index contributed by atoms with van der Waals surface area (Å²) in [7, 11) is 0. The molecule has 0 atom stereocenters. The lowest BCUT2D eigenvalue weighted by Gasteiger charge is -2.00. The zero-order valence-corrected chi connectivity index (χ0v) is 9.59. The molecule has 0 saturated heterocycles. The summed E-state index contributed by atoms with van der Waals surface area (Å²) >= 11 is 0. The molecule has 7 nitrogen and oxygen atoms in total. The number of aromatic nitrogens is 3. The Morgan fingerprint density at radius 1 is 1.45 bits per heavy atom. The molecule has 0 amide bonds. The summed E-state index contributed by atoms with van der Waals surface area (Å²) in [6.07, 6.45) is -3.47. The van der Waals surface area contributed by atoms with Crippen LogP contribution in [0.1, 0.15) is 16.2 Å². The minimum absolute atomic E-state index is 0.0312. The third-order valence-corrected chi connectivity index (χ3v) is 2.21. The van der Waals surface area contributed by atoms with Crippen LogP contribution in [-0.4, -0.2) is 32.1 Å². The number of carbonyl (C=O) groups is 1. The van der Waals surface area contributed by atoms with E-state index < -0.39 is 28.8 Å². The van der Waals surface area contributed by atoms with Gasteiger partial charge in [0.15, 0.2) is 11.4 Å². The maximum Gasteiger partial charge on any atom is 0.456 e. The molecular weight excluding hydrogens is 283 g/mol. The van der Waals surface area contributed by atoms with E-state index in [-0.39, 0.29) is 12.3 Å². The number of aromatic hydroxyl groups is 1. The number of ketones is 1. The highest BCUT2D eigenvalue weighted by Crippen LogP contribution is 2.20. The highest BCUT2D eigenvalue weighted by molar-refractivity contribution is 5.98. The van der Waals surface area contributed by atoms with Gasteiger partial charge in [-0.1, -0.05) is 5.21 Å². The van der Waals surface area contributed by atoms with Gasteiger partial charge in [-0.2, -0.15) is 13.2 Å². The second-order valence-electron chi connectivity index (χ2n) is 3.72. The van der Waals surface area contributed by atoms with Crippen molar-refractivity contribution < 1.29 is 27.5 Å². The third-order valence-electron chi connectivity index (χ3n) is 2.21. The van der Waals surface area contributed by atoms with Crippen molar-refractivity contribution in [3.63, 3.8) is 0 Å². The number of alkyl halides is 3. The van der Waals surface area contributed by atoms with Gasteiger partial charge in [-0.05, 0) is 0 Å². The van der Waals surface area contributed by atoms with E-state index in [4.69, 9.17) is 9.52 Å². The predicted molar refractivity (Wildman–Crippen MR) is 56.2 cm³/mol. The predicted octanol–water partition coefficient (Wildman–Crippen LogP) is 0.730.